The molecule has 0 fully saturated rings. The van der Waals surface area contributed by atoms with E-state index in [9.17, 15) is 0 Å². The van der Waals surface area contributed by atoms with Crippen LogP contribution in [0.4, 0.5) is 0 Å². The van der Waals surface area contributed by atoms with Gasteiger partial charge in [-0.25, -0.2) is 4.98 Å². The molecule has 1 aromatic heterocycles. The first kappa shape index (κ1) is 15.6. The van der Waals surface area contributed by atoms with E-state index in [4.69, 9.17) is 4.74 Å². The maximum atomic E-state index is 5.47. The lowest BCUT2D eigenvalue weighted by Gasteiger charge is -2.20. The summed E-state index contributed by atoms with van der Waals surface area (Å²) in [5, 5.41) is 3.60. The molecule has 0 saturated heterocycles. The Labute approximate surface area is 127 Å². The predicted octanol–water partition coefficient (Wildman–Crippen LogP) is 3.54. The van der Waals surface area contributed by atoms with Crippen LogP contribution < -0.4 is 10.1 Å². The van der Waals surface area contributed by atoms with Gasteiger partial charge in [0.1, 0.15) is 11.6 Å². The van der Waals surface area contributed by atoms with Crippen LogP contribution in [0.25, 0.3) is 0 Å². The van der Waals surface area contributed by atoms with Gasteiger partial charge in [-0.3, -0.25) is 0 Å². The lowest BCUT2D eigenvalue weighted by molar-refractivity contribution is 0.395. The summed E-state index contributed by atoms with van der Waals surface area (Å²) in [5.74, 6) is 2.03. The van der Waals surface area contributed by atoms with Gasteiger partial charge in [0.15, 0.2) is 0 Å². The first-order chi connectivity index (χ1) is 10.3. The fourth-order valence-corrected chi connectivity index (χ4v) is 2.59. The average Bonchev–Trinajstić information content (AvgIpc) is 2.96. The maximum Gasteiger partial charge on any atom is 0.123 e. The van der Waals surface area contributed by atoms with Gasteiger partial charge in [-0.15, -0.1) is 0 Å². The number of rotatable bonds is 8. The number of aromatic nitrogens is 2. The summed E-state index contributed by atoms with van der Waals surface area (Å²) in [6, 6.07) is 8.47. The van der Waals surface area contributed by atoms with Crippen LogP contribution in [-0.2, 0) is 13.1 Å². The molecule has 1 heterocycles. The van der Waals surface area contributed by atoms with E-state index in [1.165, 1.54) is 5.56 Å². The number of imidazole rings is 1. The minimum Gasteiger partial charge on any atom is -0.496 e. The number of hydrogen-bond acceptors (Lipinski definition) is 3. The molecule has 4 nitrogen and oxygen atoms in total. The van der Waals surface area contributed by atoms with Crippen LogP contribution in [0.1, 0.15) is 44.1 Å². The maximum absolute atomic E-state index is 5.47. The molecule has 4 heteroatoms. The Bertz CT molecular complexity index is 550. The fourth-order valence-electron chi connectivity index (χ4n) is 2.59. The van der Waals surface area contributed by atoms with Crippen molar-refractivity contribution in [1.82, 2.24) is 14.9 Å². The van der Waals surface area contributed by atoms with E-state index in [-0.39, 0.29) is 6.04 Å². The number of nitrogens with zero attached hydrogens (tertiary/aromatic N) is 2. The molecule has 0 spiro atoms. The number of ether oxygens (including phenoxy) is 1. The molecular formula is C17H25N3O. The van der Waals surface area contributed by atoms with Gasteiger partial charge in [0.25, 0.3) is 0 Å². The van der Waals surface area contributed by atoms with Crippen molar-refractivity contribution in [3.63, 3.8) is 0 Å². The van der Waals surface area contributed by atoms with Crippen molar-refractivity contribution in [2.75, 3.05) is 7.11 Å². The van der Waals surface area contributed by atoms with Gasteiger partial charge in [-0.05, 0) is 18.9 Å². The minimum atomic E-state index is 0.271. The van der Waals surface area contributed by atoms with Crippen molar-refractivity contribution in [2.24, 2.45) is 0 Å². The number of para-hydroxylation sites is 1. The van der Waals surface area contributed by atoms with Crippen molar-refractivity contribution >= 4 is 0 Å². The Kier molecular flexibility index (Phi) is 5.81. The van der Waals surface area contributed by atoms with Crippen LogP contribution >= 0.6 is 0 Å². The standard InChI is InChI=1S/C17H25N3O/c1-4-11-20-12-10-18-17(20)13-19-15(5-2)14-8-6-7-9-16(14)21-3/h6-10,12,15,19H,4-5,11,13H2,1-3H3. The highest BCUT2D eigenvalue weighted by molar-refractivity contribution is 5.35. The van der Waals surface area contributed by atoms with E-state index in [0.717, 1.165) is 37.5 Å². The highest BCUT2D eigenvalue weighted by Gasteiger charge is 2.14. The molecule has 21 heavy (non-hydrogen) atoms. The molecule has 1 unspecified atom stereocenters. The van der Waals surface area contributed by atoms with E-state index in [2.05, 4.69) is 40.8 Å². The van der Waals surface area contributed by atoms with Crippen molar-refractivity contribution in [1.29, 1.82) is 0 Å². The zero-order valence-electron chi connectivity index (χ0n) is 13.2. The summed E-state index contributed by atoms with van der Waals surface area (Å²) in [5.41, 5.74) is 1.20. The molecule has 1 N–H and O–H groups in total. The van der Waals surface area contributed by atoms with Gasteiger partial charge in [0, 0.05) is 30.5 Å². The zero-order valence-corrected chi connectivity index (χ0v) is 13.2. The topological polar surface area (TPSA) is 39.1 Å². The summed E-state index contributed by atoms with van der Waals surface area (Å²) in [6.07, 6.45) is 6.04. The lowest BCUT2D eigenvalue weighted by atomic mass is 10.0. The van der Waals surface area contributed by atoms with E-state index >= 15 is 0 Å². The van der Waals surface area contributed by atoms with E-state index in [1.54, 1.807) is 7.11 Å². The number of nitrogens with one attached hydrogen (secondary N) is 1. The summed E-state index contributed by atoms with van der Waals surface area (Å²) in [4.78, 5) is 4.45. The molecule has 1 aromatic carbocycles. The van der Waals surface area contributed by atoms with Crippen molar-refractivity contribution < 1.29 is 4.74 Å². The van der Waals surface area contributed by atoms with Gasteiger partial charge >= 0.3 is 0 Å². The first-order valence-electron chi connectivity index (χ1n) is 7.66. The third kappa shape index (κ3) is 3.85. The molecule has 0 aliphatic carbocycles. The predicted molar refractivity (Wildman–Crippen MR) is 85.4 cm³/mol. The van der Waals surface area contributed by atoms with Crippen LogP contribution in [0.5, 0.6) is 5.75 Å². The van der Waals surface area contributed by atoms with Crippen LogP contribution in [-0.4, -0.2) is 16.7 Å². The second-order valence-electron chi connectivity index (χ2n) is 5.12. The van der Waals surface area contributed by atoms with Crippen LogP contribution in [0.2, 0.25) is 0 Å². The quantitative estimate of drug-likeness (QED) is 0.807. The van der Waals surface area contributed by atoms with Gasteiger partial charge < -0.3 is 14.6 Å². The highest BCUT2D eigenvalue weighted by atomic mass is 16.5. The van der Waals surface area contributed by atoms with Gasteiger partial charge in [-0.2, -0.15) is 0 Å². The molecular weight excluding hydrogens is 262 g/mol. The van der Waals surface area contributed by atoms with Crippen LogP contribution in [0.3, 0.4) is 0 Å². The van der Waals surface area contributed by atoms with Gasteiger partial charge in [-0.1, -0.05) is 32.0 Å². The number of methoxy groups -OCH3 is 1. The van der Waals surface area contributed by atoms with E-state index in [1.807, 2.05) is 24.5 Å². The Morgan fingerprint density at radius 1 is 1.29 bits per heavy atom. The highest BCUT2D eigenvalue weighted by Crippen LogP contribution is 2.26. The largest absolute Gasteiger partial charge is 0.496 e. The molecule has 0 aliphatic rings. The summed E-state index contributed by atoms with van der Waals surface area (Å²) < 4.78 is 7.68. The SMILES string of the molecule is CCCn1ccnc1CNC(CC)c1ccccc1OC. The van der Waals surface area contributed by atoms with Gasteiger partial charge in [0.2, 0.25) is 0 Å². The monoisotopic (exact) mass is 287 g/mol. The second-order valence-corrected chi connectivity index (χ2v) is 5.12. The Morgan fingerprint density at radius 2 is 2.10 bits per heavy atom. The summed E-state index contributed by atoms with van der Waals surface area (Å²) >= 11 is 0. The fraction of sp³-hybridized carbons (Fsp3) is 0.471. The molecule has 0 radical (unpaired) electrons. The Hall–Kier alpha value is -1.81. The smallest absolute Gasteiger partial charge is 0.123 e. The van der Waals surface area contributed by atoms with Crippen molar-refractivity contribution in [3.8, 4) is 5.75 Å². The molecule has 2 aromatic rings. The van der Waals surface area contributed by atoms with Crippen molar-refractivity contribution in [3.05, 3.63) is 48.0 Å². The van der Waals surface area contributed by atoms with Gasteiger partial charge in [0.05, 0.1) is 13.7 Å². The zero-order chi connectivity index (χ0) is 15.1. The number of aryl methyl sites for hydroxylation is 1. The minimum absolute atomic E-state index is 0.271. The van der Waals surface area contributed by atoms with Crippen LogP contribution in [0.15, 0.2) is 36.7 Å². The number of benzene rings is 1. The third-order valence-corrected chi connectivity index (χ3v) is 3.70. The first-order valence-corrected chi connectivity index (χ1v) is 7.66. The van der Waals surface area contributed by atoms with Crippen LogP contribution in [0, 0.1) is 0 Å². The summed E-state index contributed by atoms with van der Waals surface area (Å²) in [7, 11) is 1.72. The lowest BCUT2D eigenvalue weighted by Crippen LogP contribution is -2.23. The number of hydrogen-bond donors (Lipinski definition) is 1. The molecule has 0 amide bonds. The Balaban J connectivity index is 2.07. The molecule has 0 bridgehead atoms. The molecule has 114 valence electrons. The normalized spacial score (nSPS) is 12.3. The third-order valence-electron chi connectivity index (χ3n) is 3.70. The van der Waals surface area contributed by atoms with Crippen molar-refractivity contribution in [2.45, 2.75) is 45.8 Å². The summed E-state index contributed by atoms with van der Waals surface area (Å²) in [6.45, 7) is 6.15. The molecule has 0 saturated carbocycles. The second kappa shape index (κ2) is 7.84. The average molecular weight is 287 g/mol. The molecule has 1 atom stereocenters. The van der Waals surface area contributed by atoms with E-state index < -0.39 is 0 Å². The van der Waals surface area contributed by atoms with E-state index in [0.29, 0.717) is 0 Å². The molecule has 2 rings (SSSR count). The molecule has 0 aliphatic heterocycles. The Morgan fingerprint density at radius 3 is 2.81 bits per heavy atom.